The quantitative estimate of drug-likeness (QED) is 0.704. The molecule has 2 aromatic carbocycles. The normalized spacial score (nSPS) is 14.2. The first-order valence-corrected chi connectivity index (χ1v) is 9.81. The van der Waals surface area contributed by atoms with Gasteiger partial charge in [-0.3, -0.25) is 19.0 Å². The lowest BCUT2D eigenvalue weighted by Gasteiger charge is -2.26. The molecule has 0 atom stereocenters. The van der Waals surface area contributed by atoms with Crippen molar-refractivity contribution < 1.29 is 14.0 Å². The van der Waals surface area contributed by atoms with Gasteiger partial charge in [-0.2, -0.15) is 0 Å². The Morgan fingerprint density at radius 1 is 1.13 bits per heavy atom. The smallest absolute Gasteiger partial charge is 0.261 e. The van der Waals surface area contributed by atoms with Crippen LogP contribution in [-0.2, 0) is 22.7 Å². The van der Waals surface area contributed by atoms with Gasteiger partial charge in [-0.15, -0.1) is 0 Å². The zero-order chi connectivity index (χ0) is 21.1. The summed E-state index contributed by atoms with van der Waals surface area (Å²) in [5.74, 6) is -0.788. The standard InChI is InChI=1S/C22H21FN4O3/c23-16-7-8-19-18(11-16)22(30)27(14-24-19)13-20(28)25-17-5-3-4-15(10-17)12-26-9-2-1-6-21(26)29/h3-5,7-8,10-11,14H,1-2,6,9,12-13H2,(H,25,28). The molecule has 1 aliphatic rings. The second kappa shape index (κ2) is 8.44. The van der Waals surface area contributed by atoms with Gasteiger partial charge in [-0.25, -0.2) is 9.37 Å². The summed E-state index contributed by atoms with van der Waals surface area (Å²) in [6, 6.07) is 11.1. The molecular formula is C22H21FN4O3. The van der Waals surface area contributed by atoms with Gasteiger partial charge in [0.25, 0.3) is 5.56 Å². The van der Waals surface area contributed by atoms with Crippen molar-refractivity contribution in [1.29, 1.82) is 0 Å². The SMILES string of the molecule is O=C(Cn1cnc2ccc(F)cc2c1=O)Nc1cccc(CN2CCCCC2=O)c1. The van der Waals surface area contributed by atoms with Gasteiger partial charge in [-0.05, 0) is 48.7 Å². The molecule has 30 heavy (non-hydrogen) atoms. The Hall–Kier alpha value is -3.55. The maximum Gasteiger partial charge on any atom is 0.261 e. The number of piperidine rings is 1. The predicted molar refractivity (Wildman–Crippen MR) is 110 cm³/mol. The average molecular weight is 408 g/mol. The van der Waals surface area contributed by atoms with E-state index in [9.17, 15) is 18.8 Å². The molecule has 8 heteroatoms. The first-order chi connectivity index (χ1) is 14.5. The molecule has 4 rings (SSSR count). The van der Waals surface area contributed by atoms with Gasteiger partial charge in [0.2, 0.25) is 11.8 Å². The van der Waals surface area contributed by atoms with Crippen LogP contribution in [0.5, 0.6) is 0 Å². The molecule has 2 heterocycles. The number of halogens is 1. The van der Waals surface area contributed by atoms with Gasteiger partial charge in [0.05, 0.1) is 17.2 Å². The molecule has 1 fully saturated rings. The van der Waals surface area contributed by atoms with Crippen molar-refractivity contribution in [3.05, 3.63) is 70.5 Å². The Morgan fingerprint density at radius 3 is 2.83 bits per heavy atom. The number of aromatic nitrogens is 2. The highest BCUT2D eigenvalue weighted by atomic mass is 19.1. The third-order valence-electron chi connectivity index (χ3n) is 5.11. The monoisotopic (exact) mass is 408 g/mol. The van der Waals surface area contributed by atoms with E-state index < -0.39 is 17.3 Å². The molecular weight excluding hydrogens is 387 g/mol. The lowest BCUT2D eigenvalue weighted by Crippen LogP contribution is -2.34. The van der Waals surface area contributed by atoms with Crippen molar-refractivity contribution in [1.82, 2.24) is 14.5 Å². The van der Waals surface area contributed by atoms with Crippen LogP contribution in [0.3, 0.4) is 0 Å². The minimum Gasteiger partial charge on any atom is -0.338 e. The molecule has 0 bridgehead atoms. The molecule has 0 aliphatic carbocycles. The third kappa shape index (κ3) is 4.37. The Balaban J connectivity index is 1.45. The van der Waals surface area contributed by atoms with E-state index in [-0.39, 0.29) is 17.8 Å². The van der Waals surface area contributed by atoms with Crippen LogP contribution >= 0.6 is 0 Å². The fraction of sp³-hybridized carbons (Fsp3) is 0.273. The second-order valence-electron chi connectivity index (χ2n) is 7.36. The summed E-state index contributed by atoms with van der Waals surface area (Å²) in [6.45, 7) is 1.00. The number of rotatable bonds is 5. The van der Waals surface area contributed by atoms with Crippen LogP contribution in [0.4, 0.5) is 10.1 Å². The Morgan fingerprint density at radius 2 is 2.00 bits per heavy atom. The van der Waals surface area contributed by atoms with Crippen molar-refractivity contribution in [2.45, 2.75) is 32.4 Å². The van der Waals surface area contributed by atoms with Gasteiger partial charge in [-0.1, -0.05) is 12.1 Å². The summed E-state index contributed by atoms with van der Waals surface area (Å²) in [5.41, 5.74) is 1.39. The predicted octanol–water partition coefficient (Wildman–Crippen LogP) is 2.69. The molecule has 0 radical (unpaired) electrons. The number of hydrogen-bond acceptors (Lipinski definition) is 4. The van der Waals surface area contributed by atoms with Crippen molar-refractivity contribution in [3.8, 4) is 0 Å². The maximum absolute atomic E-state index is 13.4. The maximum atomic E-state index is 13.4. The van der Waals surface area contributed by atoms with Crippen molar-refractivity contribution >= 4 is 28.4 Å². The van der Waals surface area contributed by atoms with E-state index in [1.807, 2.05) is 23.1 Å². The molecule has 0 spiro atoms. The van der Waals surface area contributed by atoms with E-state index in [4.69, 9.17) is 0 Å². The van der Waals surface area contributed by atoms with E-state index in [1.165, 1.54) is 18.5 Å². The summed E-state index contributed by atoms with van der Waals surface area (Å²) in [5, 5.41) is 2.89. The average Bonchev–Trinajstić information content (AvgIpc) is 2.72. The van der Waals surface area contributed by atoms with E-state index in [2.05, 4.69) is 10.3 Å². The minimum absolute atomic E-state index is 0.124. The number of nitrogens with one attached hydrogen (secondary N) is 1. The van der Waals surface area contributed by atoms with Crippen molar-refractivity contribution in [2.75, 3.05) is 11.9 Å². The van der Waals surface area contributed by atoms with E-state index in [1.54, 1.807) is 6.07 Å². The summed E-state index contributed by atoms with van der Waals surface area (Å²) >= 11 is 0. The fourth-order valence-electron chi connectivity index (χ4n) is 3.60. The van der Waals surface area contributed by atoms with Gasteiger partial charge in [0.15, 0.2) is 0 Å². The van der Waals surface area contributed by atoms with Crippen molar-refractivity contribution in [2.24, 2.45) is 0 Å². The molecule has 1 N–H and O–H groups in total. The molecule has 2 amide bonds. The summed E-state index contributed by atoms with van der Waals surface area (Å²) in [4.78, 5) is 42.9. The Bertz CT molecular complexity index is 1170. The van der Waals surface area contributed by atoms with Crippen LogP contribution in [0.2, 0.25) is 0 Å². The third-order valence-corrected chi connectivity index (χ3v) is 5.11. The van der Waals surface area contributed by atoms with Crippen LogP contribution in [0.1, 0.15) is 24.8 Å². The highest BCUT2D eigenvalue weighted by molar-refractivity contribution is 5.90. The number of fused-ring (bicyclic) bond motifs is 1. The highest BCUT2D eigenvalue weighted by Crippen LogP contribution is 2.17. The van der Waals surface area contributed by atoms with Crippen LogP contribution in [-0.4, -0.2) is 32.8 Å². The number of carbonyl (C=O) groups is 2. The second-order valence-corrected chi connectivity index (χ2v) is 7.36. The molecule has 0 unspecified atom stereocenters. The number of likely N-dealkylation sites (tertiary alicyclic amines) is 1. The van der Waals surface area contributed by atoms with Gasteiger partial charge in [0, 0.05) is 25.2 Å². The molecule has 7 nitrogen and oxygen atoms in total. The van der Waals surface area contributed by atoms with Crippen LogP contribution < -0.4 is 10.9 Å². The molecule has 154 valence electrons. The van der Waals surface area contributed by atoms with Crippen LogP contribution in [0.15, 0.2) is 53.6 Å². The fourth-order valence-corrected chi connectivity index (χ4v) is 3.60. The van der Waals surface area contributed by atoms with Crippen molar-refractivity contribution in [3.63, 3.8) is 0 Å². The van der Waals surface area contributed by atoms with Gasteiger partial charge < -0.3 is 10.2 Å². The zero-order valence-corrected chi connectivity index (χ0v) is 16.3. The number of carbonyl (C=O) groups excluding carboxylic acids is 2. The minimum atomic E-state index is -0.535. The summed E-state index contributed by atoms with van der Waals surface area (Å²) < 4.78 is 14.6. The number of hydrogen-bond donors (Lipinski definition) is 1. The topological polar surface area (TPSA) is 84.3 Å². The summed E-state index contributed by atoms with van der Waals surface area (Å²) in [6.07, 6.45) is 3.79. The number of amides is 2. The highest BCUT2D eigenvalue weighted by Gasteiger charge is 2.18. The lowest BCUT2D eigenvalue weighted by atomic mass is 10.1. The molecule has 3 aromatic rings. The van der Waals surface area contributed by atoms with E-state index in [0.29, 0.717) is 24.2 Å². The Kier molecular flexibility index (Phi) is 5.56. The van der Waals surface area contributed by atoms with Gasteiger partial charge >= 0.3 is 0 Å². The number of anilines is 1. The first kappa shape index (κ1) is 19.8. The van der Waals surface area contributed by atoms with E-state index in [0.717, 1.165) is 35.6 Å². The summed E-state index contributed by atoms with van der Waals surface area (Å²) in [7, 11) is 0. The van der Waals surface area contributed by atoms with E-state index >= 15 is 0 Å². The van der Waals surface area contributed by atoms with Crippen LogP contribution in [0, 0.1) is 5.82 Å². The number of nitrogens with zero attached hydrogens (tertiary/aromatic N) is 3. The largest absolute Gasteiger partial charge is 0.338 e. The zero-order valence-electron chi connectivity index (χ0n) is 16.3. The Labute approximate surface area is 172 Å². The molecule has 1 saturated heterocycles. The molecule has 1 aliphatic heterocycles. The lowest BCUT2D eigenvalue weighted by molar-refractivity contribution is -0.133. The first-order valence-electron chi connectivity index (χ1n) is 9.81. The van der Waals surface area contributed by atoms with Crippen LogP contribution in [0.25, 0.3) is 10.9 Å². The van der Waals surface area contributed by atoms with Gasteiger partial charge in [0.1, 0.15) is 12.4 Å². The molecule has 1 aromatic heterocycles. The molecule has 0 saturated carbocycles. The number of benzene rings is 2.